The van der Waals surface area contributed by atoms with Gasteiger partial charge in [0.1, 0.15) is 55.4 Å². The van der Waals surface area contributed by atoms with Crippen LogP contribution in [0.15, 0.2) is 12.2 Å². The molecule has 2 saturated heterocycles. The lowest BCUT2D eigenvalue weighted by atomic mass is 9.98. The zero-order valence-electron chi connectivity index (χ0n) is 37.4. The number of hydrogen-bond donors (Lipinski definition) is 7. The molecule has 2 heterocycles. The van der Waals surface area contributed by atoms with Gasteiger partial charge in [-0.2, -0.15) is 0 Å². The molecule has 61 heavy (non-hydrogen) atoms. The highest BCUT2D eigenvalue weighted by Crippen LogP contribution is 2.26. The molecule has 0 spiro atoms. The summed E-state index contributed by atoms with van der Waals surface area (Å²) >= 11 is 0. The Morgan fingerprint density at radius 2 is 0.934 bits per heavy atom. The number of esters is 2. The number of aliphatic hydroxyl groups is 7. The van der Waals surface area contributed by atoms with E-state index in [0.717, 1.165) is 38.5 Å². The molecule has 2 rings (SSSR count). The predicted molar refractivity (Wildman–Crippen MR) is 229 cm³/mol. The summed E-state index contributed by atoms with van der Waals surface area (Å²) in [5, 5.41) is 71.8. The fourth-order valence-electron chi connectivity index (χ4n) is 7.50. The number of rotatable bonds is 36. The van der Waals surface area contributed by atoms with Crippen molar-refractivity contribution in [1.82, 2.24) is 0 Å². The van der Waals surface area contributed by atoms with Crippen molar-refractivity contribution in [2.24, 2.45) is 0 Å². The van der Waals surface area contributed by atoms with Gasteiger partial charge in [-0.05, 0) is 38.5 Å². The first-order valence-electron chi connectivity index (χ1n) is 23.8. The lowest BCUT2D eigenvalue weighted by Gasteiger charge is -2.42. The Balaban J connectivity index is 1.84. The zero-order valence-corrected chi connectivity index (χ0v) is 37.4. The van der Waals surface area contributed by atoms with Crippen molar-refractivity contribution >= 4 is 11.9 Å². The van der Waals surface area contributed by atoms with Crippen LogP contribution >= 0.6 is 0 Å². The van der Waals surface area contributed by atoms with Crippen molar-refractivity contribution in [3.63, 3.8) is 0 Å². The molecule has 2 fully saturated rings. The van der Waals surface area contributed by atoms with E-state index in [0.29, 0.717) is 12.8 Å². The summed E-state index contributed by atoms with van der Waals surface area (Å²) in [5.41, 5.74) is 0. The largest absolute Gasteiger partial charge is 0.462 e. The normalized spacial score (nSPS) is 27.4. The minimum atomic E-state index is -1.76. The average molecular weight is 877 g/mol. The summed E-state index contributed by atoms with van der Waals surface area (Å²) in [4.78, 5) is 25.6. The fourth-order valence-corrected chi connectivity index (χ4v) is 7.50. The summed E-state index contributed by atoms with van der Waals surface area (Å²) < 4.78 is 33.4. The first-order chi connectivity index (χ1) is 29.5. The maximum absolute atomic E-state index is 12.9. The minimum absolute atomic E-state index is 0.165. The molecule has 7 N–H and O–H groups in total. The van der Waals surface area contributed by atoms with Crippen LogP contribution in [0.4, 0.5) is 0 Å². The molecule has 0 saturated carbocycles. The Morgan fingerprint density at radius 3 is 1.48 bits per heavy atom. The first kappa shape index (κ1) is 55.4. The van der Waals surface area contributed by atoms with Gasteiger partial charge in [0.05, 0.1) is 19.8 Å². The molecular formula is C46H84O15. The Kier molecular flexibility index (Phi) is 31.4. The molecular weight excluding hydrogens is 792 g/mol. The van der Waals surface area contributed by atoms with Crippen molar-refractivity contribution in [3.8, 4) is 0 Å². The van der Waals surface area contributed by atoms with Crippen LogP contribution in [-0.2, 0) is 38.0 Å². The molecule has 2 aliphatic rings. The second kappa shape index (κ2) is 34.6. The van der Waals surface area contributed by atoms with Gasteiger partial charge in [-0.25, -0.2) is 0 Å². The van der Waals surface area contributed by atoms with Gasteiger partial charge in [-0.3, -0.25) is 9.59 Å². The lowest BCUT2D eigenvalue weighted by Crippen LogP contribution is -2.61. The van der Waals surface area contributed by atoms with E-state index in [9.17, 15) is 45.3 Å². The summed E-state index contributed by atoms with van der Waals surface area (Å²) in [5.74, 6) is -0.947. The van der Waals surface area contributed by atoms with E-state index < -0.39 is 92.7 Å². The van der Waals surface area contributed by atoms with Gasteiger partial charge in [0.15, 0.2) is 18.7 Å². The van der Waals surface area contributed by atoms with Gasteiger partial charge in [-0.1, -0.05) is 135 Å². The van der Waals surface area contributed by atoms with Crippen LogP contribution < -0.4 is 0 Å². The van der Waals surface area contributed by atoms with E-state index in [-0.39, 0.29) is 26.1 Å². The van der Waals surface area contributed by atoms with Crippen molar-refractivity contribution in [2.45, 2.75) is 242 Å². The maximum Gasteiger partial charge on any atom is 0.306 e. The maximum atomic E-state index is 12.9. The number of carbonyl (C=O) groups excluding carboxylic acids is 2. The van der Waals surface area contributed by atoms with Crippen molar-refractivity contribution < 1.29 is 73.8 Å². The molecule has 0 aromatic carbocycles. The fraction of sp³-hybridized carbons (Fsp3) is 0.913. The van der Waals surface area contributed by atoms with Gasteiger partial charge in [0, 0.05) is 12.8 Å². The Hall–Kier alpha value is -1.76. The van der Waals surface area contributed by atoms with Gasteiger partial charge in [-0.15, -0.1) is 0 Å². The Bertz CT molecular complexity index is 1120. The van der Waals surface area contributed by atoms with Crippen molar-refractivity contribution in [2.75, 3.05) is 26.4 Å². The Labute approximate surface area is 365 Å². The number of allylic oxidation sites excluding steroid dienone is 2. The summed E-state index contributed by atoms with van der Waals surface area (Å²) in [6.45, 7) is 2.55. The number of carbonyl (C=O) groups is 2. The highest BCUT2D eigenvalue weighted by atomic mass is 16.7. The number of ether oxygens (including phenoxy) is 6. The second-order valence-electron chi connectivity index (χ2n) is 16.9. The molecule has 0 radical (unpaired) electrons. The van der Waals surface area contributed by atoms with E-state index >= 15 is 0 Å². The molecule has 0 bridgehead atoms. The topological polar surface area (TPSA) is 231 Å². The molecule has 358 valence electrons. The smallest absolute Gasteiger partial charge is 0.306 e. The van der Waals surface area contributed by atoms with E-state index in [1.807, 2.05) is 0 Å². The van der Waals surface area contributed by atoms with Gasteiger partial charge in [0.25, 0.3) is 0 Å². The Morgan fingerprint density at radius 1 is 0.508 bits per heavy atom. The molecule has 0 aliphatic carbocycles. The minimum Gasteiger partial charge on any atom is -0.462 e. The molecule has 15 nitrogen and oxygen atoms in total. The molecule has 0 aromatic rings. The first-order valence-corrected chi connectivity index (χ1v) is 23.8. The summed E-state index contributed by atoms with van der Waals surface area (Å²) in [6, 6.07) is 0. The SMILES string of the molecule is CCCCCCCCCCC/C=C/CCCCC(=O)OC[C@H](CO[C@@H]1O[C@H](CO[C@@H]2O[C@H](CO)[C@H](O)C(O)C2O)[C@H](O)C(O)C1O)OC(=O)CCCCCCCCCCCC. The zero-order chi connectivity index (χ0) is 44.7. The molecule has 11 atom stereocenters. The molecule has 2 aliphatic heterocycles. The number of aliphatic hydroxyl groups excluding tert-OH is 7. The van der Waals surface area contributed by atoms with Crippen LogP contribution in [0.5, 0.6) is 0 Å². The highest BCUT2D eigenvalue weighted by Gasteiger charge is 2.47. The van der Waals surface area contributed by atoms with Crippen LogP contribution in [-0.4, -0.2) is 142 Å². The van der Waals surface area contributed by atoms with E-state index in [4.69, 9.17) is 28.4 Å². The van der Waals surface area contributed by atoms with Crippen LogP contribution in [0.3, 0.4) is 0 Å². The third-order valence-corrected chi connectivity index (χ3v) is 11.5. The summed E-state index contributed by atoms with van der Waals surface area (Å²) in [6.07, 6.45) is 14.1. The van der Waals surface area contributed by atoms with Crippen LogP contribution in [0.1, 0.15) is 174 Å². The van der Waals surface area contributed by atoms with Crippen LogP contribution in [0.2, 0.25) is 0 Å². The lowest BCUT2D eigenvalue weighted by molar-refractivity contribution is -0.332. The van der Waals surface area contributed by atoms with Crippen molar-refractivity contribution in [3.05, 3.63) is 12.2 Å². The molecule has 15 heteroatoms. The van der Waals surface area contributed by atoms with E-state index in [2.05, 4.69) is 26.0 Å². The second-order valence-corrected chi connectivity index (χ2v) is 16.9. The third-order valence-electron chi connectivity index (χ3n) is 11.5. The number of unbranched alkanes of at least 4 members (excludes halogenated alkanes) is 20. The molecule has 0 aromatic heterocycles. The van der Waals surface area contributed by atoms with Gasteiger partial charge < -0.3 is 64.2 Å². The van der Waals surface area contributed by atoms with Crippen LogP contribution in [0.25, 0.3) is 0 Å². The van der Waals surface area contributed by atoms with Crippen molar-refractivity contribution in [1.29, 1.82) is 0 Å². The third kappa shape index (κ3) is 23.7. The standard InChI is InChI=1S/C46H84O15/c1-3-5-7-9-11-13-15-16-17-18-19-21-22-24-26-28-37(48)56-31-34(59-38(49)29-27-25-23-20-14-12-10-8-6-4-2)32-57-45-44(55)42(53)40(51)36(61-45)33-58-46-43(54)41(52)39(50)35(30-47)60-46/h19,21,34-36,39-47,50-55H,3-18,20,22-33H2,1-2H3/b21-19+/t34-,35-,36-,39+,40+,41?,42?,43?,44?,45-,46-/m1/s1. The average Bonchev–Trinajstić information content (AvgIpc) is 3.25. The molecule has 0 amide bonds. The van der Waals surface area contributed by atoms with E-state index in [1.165, 1.54) is 96.3 Å². The van der Waals surface area contributed by atoms with E-state index in [1.54, 1.807) is 0 Å². The van der Waals surface area contributed by atoms with Gasteiger partial charge >= 0.3 is 11.9 Å². The monoisotopic (exact) mass is 877 g/mol. The van der Waals surface area contributed by atoms with Crippen LogP contribution in [0, 0.1) is 0 Å². The molecule has 4 unspecified atom stereocenters. The quantitative estimate of drug-likeness (QED) is 0.0236. The summed E-state index contributed by atoms with van der Waals surface area (Å²) in [7, 11) is 0. The highest BCUT2D eigenvalue weighted by molar-refractivity contribution is 5.70. The predicted octanol–water partition coefficient (Wildman–Crippen LogP) is 5.43. The number of hydrogen-bond acceptors (Lipinski definition) is 15. The van der Waals surface area contributed by atoms with Gasteiger partial charge in [0.2, 0.25) is 0 Å².